The lowest BCUT2D eigenvalue weighted by Crippen LogP contribution is -2.48. The Kier molecular flexibility index (Phi) is 5.76. The van der Waals surface area contributed by atoms with Gasteiger partial charge in [-0.3, -0.25) is 4.90 Å². The van der Waals surface area contributed by atoms with E-state index in [4.69, 9.17) is 14.9 Å². The number of amides is 1. The van der Waals surface area contributed by atoms with Crippen molar-refractivity contribution in [1.29, 1.82) is 0 Å². The maximum Gasteiger partial charge on any atom is 0.410 e. The Hall–Kier alpha value is -4.12. The first-order chi connectivity index (χ1) is 16.5. The van der Waals surface area contributed by atoms with Crippen molar-refractivity contribution in [3.8, 4) is 17.2 Å². The summed E-state index contributed by atoms with van der Waals surface area (Å²) in [6, 6.07) is 10.4. The number of carbonyl (C=O) groups excluding carboxylic acids is 1. The number of rotatable bonds is 6. The fourth-order valence-corrected chi connectivity index (χ4v) is 4.09. The number of carbonyl (C=O) groups is 1. The van der Waals surface area contributed by atoms with Crippen molar-refractivity contribution < 1.29 is 13.9 Å². The van der Waals surface area contributed by atoms with Gasteiger partial charge in [-0.1, -0.05) is 0 Å². The van der Waals surface area contributed by atoms with Crippen molar-refractivity contribution >= 4 is 28.9 Å². The van der Waals surface area contributed by atoms with Crippen LogP contribution in [0.1, 0.15) is 13.8 Å². The number of hydrogen-bond donors (Lipinski definition) is 2. The first kappa shape index (κ1) is 21.7. The number of nitrogens with one attached hydrogen (secondary N) is 1. The Morgan fingerprint density at radius 1 is 1.15 bits per heavy atom. The van der Waals surface area contributed by atoms with Gasteiger partial charge in [0.2, 0.25) is 0 Å². The summed E-state index contributed by atoms with van der Waals surface area (Å²) in [6.07, 6.45) is 3.42. The molecule has 3 N–H and O–H groups in total. The first-order valence-corrected chi connectivity index (χ1v) is 11.1. The van der Waals surface area contributed by atoms with Crippen molar-refractivity contribution in [2.45, 2.75) is 19.9 Å². The molecule has 1 fully saturated rings. The Bertz CT molecular complexity index is 1290. The molecule has 0 aliphatic carbocycles. The smallest absolute Gasteiger partial charge is 0.410 e. The number of nitrogens with zero attached hydrogens (tertiary/aromatic N) is 6. The molecule has 1 aliphatic heterocycles. The molecule has 1 saturated heterocycles. The van der Waals surface area contributed by atoms with Gasteiger partial charge in [-0.15, -0.1) is 0 Å². The van der Waals surface area contributed by atoms with Crippen LogP contribution >= 0.6 is 0 Å². The minimum absolute atomic E-state index is 0.198. The Balaban J connectivity index is 1.32. The standard InChI is InChI=1S/C23H26N8O3/c1-15(2)29-7-9-30(10-8-29)17-5-3-16(4-6-17)28-21-22-26-14-27-31(22)19(12-25-21)20-11-18(13-33-20)34-23(24)32/h3-6,11-15H,7-10H2,1-2H3,(H2,24,32)(H,25,28). The van der Waals surface area contributed by atoms with Crippen molar-refractivity contribution in [2.24, 2.45) is 5.73 Å². The van der Waals surface area contributed by atoms with Gasteiger partial charge in [-0.25, -0.2) is 19.3 Å². The molecule has 0 bridgehead atoms. The van der Waals surface area contributed by atoms with Crippen LogP contribution in [-0.2, 0) is 0 Å². The third-order valence-electron chi connectivity index (χ3n) is 5.89. The minimum atomic E-state index is -0.917. The number of fused-ring (bicyclic) bond motifs is 1. The van der Waals surface area contributed by atoms with E-state index in [1.807, 2.05) is 12.1 Å². The summed E-state index contributed by atoms with van der Waals surface area (Å²) in [7, 11) is 0. The predicted molar refractivity (Wildman–Crippen MR) is 127 cm³/mol. The Morgan fingerprint density at radius 3 is 2.62 bits per heavy atom. The van der Waals surface area contributed by atoms with Crippen LogP contribution in [0.3, 0.4) is 0 Å². The highest BCUT2D eigenvalue weighted by atomic mass is 16.6. The summed E-state index contributed by atoms with van der Waals surface area (Å²) in [4.78, 5) is 24.7. The van der Waals surface area contributed by atoms with Crippen LogP contribution in [0.15, 0.2) is 53.5 Å². The molecule has 1 aromatic carbocycles. The number of anilines is 3. The lowest BCUT2D eigenvalue weighted by molar-refractivity contribution is 0.209. The molecule has 11 heteroatoms. The highest BCUT2D eigenvalue weighted by Crippen LogP contribution is 2.29. The van der Waals surface area contributed by atoms with E-state index in [1.54, 1.807) is 10.7 Å². The van der Waals surface area contributed by atoms with E-state index in [0.717, 1.165) is 31.9 Å². The highest BCUT2D eigenvalue weighted by molar-refractivity contribution is 5.74. The van der Waals surface area contributed by atoms with E-state index in [2.05, 4.69) is 56.2 Å². The topological polar surface area (TPSA) is 127 Å². The molecule has 0 radical (unpaired) electrons. The number of hydrogen-bond acceptors (Lipinski definition) is 9. The van der Waals surface area contributed by atoms with Gasteiger partial charge < -0.3 is 25.1 Å². The van der Waals surface area contributed by atoms with Crippen LogP contribution in [0.5, 0.6) is 5.75 Å². The summed E-state index contributed by atoms with van der Waals surface area (Å²) in [6.45, 7) is 8.68. The molecule has 34 heavy (non-hydrogen) atoms. The molecule has 11 nitrogen and oxygen atoms in total. The summed E-state index contributed by atoms with van der Waals surface area (Å²) >= 11 is 0. The van der Waals surface area contributed by atoms with Gasteiger partial charge in [0.1, 0.15) is 18.3 Å². The number of primary amides is 1. The molecule has 1 aliphatic rings. The molecule has 3 aromatic heterocycles. The fraction of sp³-hybridized carbons (Fsp3) is 0.304. The van der Waals surface area contributed by atoms with Crippen LogP contribution in [-0.4, -0.2) is 62.8 Å². The zero-order chi connectivity index (χ0) is 23.7. The van der Waals surface area contributed by atoms with Crippen LogP contribution < -0.4 is 20.7 Å². The maximum atomic E-state index is 11.0. The summed E-state index contributed by atoms with van der Waals surface area (Å²) in [5.74, 6) is 1.16. The van der Waals surface area contributed by atoms with E-state index < -0.39 is 6.09 Å². The summed E-state index contributed by atoms with van der Waals surface area (Å²) < 4.78 is 11.9. The Morgan fingerprint density at radius 2 is 1.91 bits per heavy atom. The van der Waals surface area contributed by atoms with Crippen LogP contribution in [0.4, 0.5) is 22.0 Å². The second-order valence-electron chi connectivity index (χ2n) is 8.34. The quantitative estimate of drug-likeness (QED) is 0.444. The molecule has 0 spiro atoms. The number of furan rings is 1. The highest BCUT2D eigenvalue weighted by Gasteiger charge is 2.19. The normalized spacial score (nSPS) is 14.6. The van der Waals surface area contributed by atoms with E-state index in [9.17, 15) is 4.79 Å². The summed E-state index contributed by atoms with van der Waals surface area (Å²) in [5, 5.41) is 7.60. The largest absolute Gasteiger partial charge is 0.459 e. The van der Waals surface area contributed by atoms with Crippen molar-refractivity contribution in [2.75, 3.05) is 36.4 Å². The average molecular weight is 463 g/mol. The number of benzene rings is 1. The lowest BCUT2D eigenvalue weighted by atomic mass is 10.2. The molecule has 0 unspecified atom stereocenters. The van der Waals surface area contributed by atoms with E-state index >= 15 is 0 Å². The predicted octanol–water partition coefficient (Wildman–Crippen LogP) is 3.12. The zero-order valence-electron chi connectivity index (χ0n) is 19.0. The lowest BCUT2D eigenvalue weighted by Gasteiger charge is -2.38. The minimum Gasteiger partial charge on any atom is -0.459 e. The molecule has 5 rings (SSSR count). The molecular weight excluding hydrogens is 436 g/mol. The van der Waals surface area contributed by atoms with Gasteiger partial charge in [0.25, 0.3) is 0 Å². The fourth-order valence-electron chi connectivity index (χ4n) is 4.09. The third-order valence-corrected chi connectivity index (χ3v) is 5.89. The molecule has 4 heterocycles. The van der Waals surface area contributed by atoms with Crippen molar-refractivity contribution in [3.05, 3.63) is 49.1 Å². The van der Waals surface area contributed by atoms with Crippen LogP contribution in [0.25, 0.3) is 17.1 Å². The number of aromatic nitrogens is 4. The number of nitrogens with two attached hydrogens (primary N) is 1. The molecule has 1 amide bonds. The van der Waals surface area contributed by atoms with Crippen molar-refractivity contribution in [1.82, 2.24) is 24.5 Å². The van der Waals surface area contributed by atoms with Gasteiger partial charge in [-0.2, -0.15) is 5.10 Å². The second-order valence-corrected chi connectivity index (χ2v) is 8.34. The number of ether oxygens (including phenoxy) is 1. The molecule has 0 saturated carbocycles. The van der Waals surface area contributed by atoms with Gasteiger partial charge in [0, 0.05) is 49.7 Å². The van der Waals surface area contributed by atoms with Crippen molar-refractivity contribution in [3.63, 3.8) is 0 Å². The van der Waals surface area contributed by atoms with E-state index in [-0.39, 0.29) is 5.75 Å². The molecular formula is C23H26N8O3. The Labute approximate surface area is 196 Å². The zero-order valence-corrected chi connectivity index (χ0v) is 19.0. The molecule has 176 valence electrons. The van der Waals surface area contributed by atoms with Crippen LogP contribution in [0, 0.1) is 0 Å². The van der Waals surface area contributed by atoms with E-state index in [0.29, 0.717) is 29.0 Å². The van der Waals surface area contributed by atoms with Gasteiger partial charge >= 0.3 is 6.09 Å². The maximum absolute atomic E-state index is 11.0. The van der Waals surface area contributed by atoms with E-state index in [1.165, 1.54) is 24.3 Å². The summed E-state index contributed by atoms with van der Waals surface area (Å²) in [5.41, 5.74) is 8.23. The average Bonchev–Trinajstić information content (AvgIpc) is 3.50. The van der Waals surface area contributed by atoms with Gasteiger partial charge in [0.15, 0.2) is 23.0 Å². The van der Waals surface area contributed by atoms with Gasteiger partial charge in [-0.05, 0) is 38.1 Å². The molecule has 0 atom stereocenters. The van der Waals surface area contributed by atoms with Gasteiger partial charge in [0.05, 0.1) is 6.20 Å². The SMILES string of the molecule is CC(C)N1CCN(c2ccc(Nc3ncc(-c4cc(OC(N)=O)co4)n4ncnc34)cc2)CC1. The first-order valence-electron chi connectivity index (χ1n) is 11.1. The van der Waals surface area contributed by atoms with Crippen LogP contribution in [0.2, 0.25) is 0 Å². The monoisotopic (exact) mass is 462 g/mol. The third kappa shape index (κ3) is 4.37. The molecule has 4 aromatic rings. The second kappa shape index (κ2) is 9.02. The number of piperazine rings is 1.